The van der Waals surface area contributed by atoms with E-state index in [9.17, 15) is 4.79 Å². The monoisotopic (exact) mass is 214 g/mol. The molecule has 0 aliphatic heterocycles. The van der Waals surface area contributed by atoms with Gasteiger partial charge in [0.05, 0.1) is 0 Å². The molecule has 2 nitrogen and oxygen atoms in total. The lowest BCUT2D eigenvalue weighted by Gasteiger charge is -2.11. The fraction of sp³-hybridized carbons (Fsp3) is 0.923. The van der Waals surface area contributed by atoms with Crippen molar-refractivity contribution in [2.45, 2.75) is 65.7 Å². The summed E-state index contributed by atoms with van der Waals surface area (Å²) in [4.78, 5) is 10.3. The second-order valence-corrected chi connectivity index (χ2v) is 5.07. The Morgan fingerprint density at radius 2 is 1.60 bits per heavy atom. The van der Waals surface area contributed by atoms with Gasteiger partial charge in [-0.3, -0.25) is 4.79 Å². The molecule has 0 aliphatic rings. The van der Waals surface area contributed by atoms with Crippen LogP contribution in [0.5, 0.6) is 0 Å². The molecular formula is C13H26O2. The molecule has 0 rings (SSSR count). The first-order chi connectivity index (χ1) is 7.02. The van der Waals surface area contributed by atoms with Crippen LogP contribution in [0.15, 0.2) is 0 Å². The third-order valence-corrected chi connectivity index (χ3v) is 2.82. The van der Waals surface area contributed by atoms with Gasteiger partial charge in [0.1, 0.15) is 0 Å². The van der Waals surface area contributed by atoms with Gasteiger partial charge >= 0.3 is 5.97 Å². The van der Waals surface area contributed by atoms with Crippen LogP contribution in [-0.2, 0) is 4.79 Å². The molecule has 0 bridgehead atoms. The van der Waals surface area contributed by atoms with Gasteiger partial charge < -0.3 is 5.11 Å². The van der Waals surface area contributed by atoms with Gasteiger partial charge in [0.25, 0.3) is 0 Å². The highest BCUT2D eigenvalue weighted by atomic mass is 16.4. The van der Waals surface area contributed by atoms with E-state index in [0.29, 0.717) is 6.42 Å². The molecule has 15 heavy (non-hydrogen) atoms. The van der Waals surface area contributed by atoms with Gasteiger partial charge in [-0.05, 0) is 18.3 Å². The van der Waals surface area contributed by atoms with E-state index in [2.05, 4.69) is 20.8 Å². The maximum absolute atomic E-state index is 10.3. The molecule has 1 unspecified atom stereocenters. The molecule has 0 aliphatic carbocycles. The van der Waals surface area contributed by atoms with Crippen molar-refractivity contribution >= 4 is 5.97 Å². The van der Waals surface area contributed by atoms with E-state index in [1.807, 2.05) is 0 Å². The topological polar surface area (TPSA) is 37.3 Å². The lowest BCUT2D eigenvalue weighted by atomic mass is 9.95. The van der Waals surface area contributed by atoms with Crippen LogP contribution in [0.2, 0.25) is 0 Å². The van der Waals surface area contributed by atoms with Crippen LogP contribution in [-0.4, -0.2) is 11.1 Å². The largest absolute Gasteiger partial charge is 0.481 e. The summed E-state index contributed by atoms with van der Waals surface area (Å²) in [6, 6.07) is 0. The van der Waals surface area contributed by atoms with Crippen molar-refractivity contribution < 1.29 is 9.90 Å². The molecule has 0 spiro atoms. The number of rotatable bonds is 9. The molecule has 0 saturated heterocycles. The van der Waals surface area contributed by atoms with E-state index in [1.54, 1.807) is 0 Å². The average molecular weight is 214 g/mol. The Kier molecular flexibility index (Phi) is 8.44. The highest BCUT2D eigenvalue weighted by Gasteiger charge is 2.04. The minimum Gasteiger partial charge on any atom is -0.481 e. The Morgan fingerprint density at radius 1 is 1.00 bits per heavy atom. The van der Waals surface area contributed by atoms with E-state index < -0.39 is 5.97 Å². The van der Waals surface area contributed by atoms with E-state index >= 15 is 0 Å². The zero-order valence-corrected chi connectivity index (χ0v) is 10.5. The molecule has 0 aromatic carbocycles. The van der Waals surface area contributed by atoms with Gasteiger partial charge in [-0.15, -0.1) is 0 Å². The van der Waals surface area contributed by atoms with Crippen molar-refractivity contribution in [3.8, 4) is 0 Å². The minimum absolute atomic E-state index is 0.332. The van der Waals surface area contributed by atoms with E-state index in [1.165, 1.54) is 25.7 Å². The summed E-state index contributed by atoms with van der Waals surface area (Å²) in [5.74, 6) is 0.907. The van der Waals surface area contributed by atoms with Crippen LogP contribution in [0, 0.1) is 11.8 Å². The number of hydrogen-bond acceptors (Lipinski definition) is 1. The summed E-state index contributed by atoms with van der Waals surface area (Å²) in [6.45, 7) is 6.80. The summed E-state index contributed by atoms with van der Waals surface area (Å²) < 4.78 is 0. The number of aliphatic carboxylic acids is 1. The SMILES string of the molecule is CC(C)CCCC(C)CCCCC(=O)O. The smallest absolute Gasteiger partial charge is 0.303 e. The molecule has 0 fully saturated rings. The van der Waals surface area contributed by atoms with Crippen LogP contribution in [0.25, 0.3) is 0 Å². The number of hydrogen-bond donors (Lipinski definition) is 1. The fourth-order valence-electron chi connectivity index (χ4n) is 1.79. The second kappa shape index (κ2) is 8.75. The number of carboxylic acids is 1. The number of unbranched alkanes of at least 4 members (excludes halogenated alkanes) is 1. The maximum Gasteiger partial charge on any atom is 0.303 e. The molecule has 0 radical (unpaired) electrons. The van der Waals surface area contributed by atoms with Gasteiger partial charge in [-0.2, -0.15) is 0 Å². The van der Waals surface area contributed by atoms with Crippen LogP contribution >= 0.6 is 0 Å². The molecular weight excluding hydrogens is 188 g/mol. The van der Waals surface area contributed by atoms with Crippen molar-refractivity contribution in [3.05, 3.63) is 0 Å². The van der Waals surface area contributed by atoms with Crippen molar-refractivity contribution in [3.63, 3.8) is 0 Å². The van der Waals surface area contributed by atoms with Crippen molar-refractivity contribution in [2.75, 3.05) is 0 Å². The average Bonchev–Trinajstić information content (AvgIpc) is 2.11. The normalized spacial score (nSPS) is 13.1. The first-order valence-electron chi connectivity index (χ1n) is 6.24. The third kappa shape index (κ3) is 11.4. The van der Waals surface area contributed by atoms with E-state index in [-0.39, 0.29) is 0 Å². The molecule has 0 saturated carbocycles. The molecule has 1 atom stereocenters. The van der Waals surface area contributed by atoms with Gasteiger partial charge in [0.15, 0.2) is 0 Å². The zero-order valence-electron chi connectivity index (χ0n) is 10.5. The molecule has 0 heterocycles. The van der Waals surface area contributed by atoms with Crippen LogP contribution < -0.4 is 0 Å². The maximum atomic E-state index is 10.3. The first-order valence-corrected chi connectivity index (χ1v) is 6.24. The minimum atomic E-state index is -0.664. The summed E-state index contributed by atoms with van der Waals surface area (Å²) in [6.07, 6.45) is 7.35. The Labute approximate surface area is 94.1 Å². The Morgan fingerprint density at radius 3 is 2.13 bits per heavy atom. The first kappa shape index (κ1) is 14.5. The Bertz CT molecular complexity index is 164. The van der Waals surface area contributed by atoms with Gasteiger partial charge in [-0.25, -0.2) is 0 Å². The van der Waals surface area contributed by atoms with Crippen LogP contribution in [0.3, 0.4) is 0 Å². The van der Waals surface area contributed by atoms with Crippen molar-refractivity contribution in [2.24, 2.45) is 11.8 Å². The standard InChI is InChI=1S/C13H26O2/c1-11(2)7-6-9-12(3)8-4-5-10-13(14)15/h11-12H,4-10H2,1-3H3,(H,14,15). The molecule has 90 valence electrons. The molecule has 1 N–H and O–H groups in total. The van der Waals surface area contributed by atoms with Crippen LogP contribution in [0.4, 0.5) is 0 Å². The van der Waals surface area contributed by atoms with E-state index in [4.69, 9.17) is 5.11 Å². The number of carboxylic acid groups (broad SMARTS) is 1. The summed E-state index contributed by atoms with van der Waals surface area (Å²) >= 11 is 0. The predicted octanol–water partition coefficient (Wildman–Crippen LogP) is 4.09. The third-order valence-electron chi connectivity index (χ3n) is 2.82. The molecule has 0 amide bonds. The number of carbonyl (C=O) groups is 1. The molecule has 0 aromatic heterocycles. The highest BCUT2D eigenvalue weighted by molar-refractivity contribution is 5.66. The van der Waals surface area contributed by atoms with Gasteiger partial charge in [0, 0.05) is 6.42 Å². The van der Waals surface area contributed by atoms with Gasteiger partial charge in [-0.1, -0.05) is 52.9 Å². The zero-order chi connectivity index (χ0) is 11.7. The predicted molar refractivity (Wildman–Crippen MR) is 64.0 cm³/mol. The van der Waals surface area contributed by atoms with E-state index in [0.717, 1.165) is 24.7 Å². The summed E-state index contributed by atoms with van der Waals surface area (Å²) in [5.41, 5.74) is 0. The Hall–Kier alpha value is -0.530. The Balaban J connectivity index is 3.25. The highest BCUT2D eigenvalue weighted by Crippen LogP contribution is 2.17. The molecule has 2 heteroatoms. The quantitative estimate of drug-likeness (QED) is 0.587. The summed E-state index contributed by atoms with van der Waals surface area (Å²) in [5, 5.41) is 8.48. The van der Waals surface area contributed by atoms with Crippen LogP contribution in [0.1, 0.15) is 65.7 Å². The molecule has 0 aromatic rings. The summed E-state index contributed by atoms with van der Waals surface area (Å²) in [7, 11) is 0. The lowest BCUT2D eigenvalue weighted by molar-refractivity contribution is -0.137. The van der Waals surface area contributed by atoms with Gasteiger partial charge in [0.2, 0.25) is 0 Å². The fourth-order valence-corrected chi connectivity index (χ4v) is 1.79. The lowest BCUT2D eigenvalue weighted by Crippen LogP contribution is -1.98. The second-order valence-electron chi connectivity index (χ2n) is 5.07. The van der Waals surface area contributed by atoms with Crippen molar-refractivity contribution in [1.82, 2.24) is 0 Å². The van der Waals surface area contributed by atoms with Crippen molar-refractivity contribution in [1.29, 1.82) is 0 Å².